The van der Waals surface area contributed by atoms with Crippen LogP contribution >= 0.6 is 0 Å². The number of fused-ring (bicyclic) bond motifs is 5. The minimum absolute atomic E-state index is 0.0258. The smallest absolute Gasteiger partial charge is 0.408 e. The molecule has 0 spiro atoms. The minimum Gasteiger partial charge on any atom is -0.472 e. The molecule has 1 saturated heterocycles. The molecule has 17 nitrogen and oxygen atoms in total. The van der Waals surface area contributed by atoms with E-state index < -0.39 is 68.7 Å². The first-order valence-electron chi connectivity index (χ1n) is 21.2. The number of hydrogen-bond acceptors (Lipinski definition) is 11. The number of carbonyl (C=O) groups excluding carboxylic acids is 4. The van der Waals surface area contributed by atoms with Crippen molar-refractivity contribution in [1.82, 2.24) is 44.6 Å². The van der Waals surface area contributed by atoms with Gasteiger partial charge in [-0.2, -0.15) is 14.7 Å². The van der Waals surface area contributed by atoms with Crippen molar-refractivity contribution in [3.05, 3.63) is 54.2 Å². The van der Waals surface area contributed by atoms with Crippen LogP contribution in [0.3, 0.4) is 0 Å². The first-order valence-corrected chi connectivity index (χ1v) is 22.7. The second kappa shape index (κ2) is 15.8. The molecule has 3 N–H and O–H groups in total. The highest BCUT2D eigenvalue weighted by Crippen LogP contribution is 2.46. The quantitative estimate of drug-likeness (QED) is 0.216. The molecule has 5 aliphatic rings. The van der Waals surface area contributed by atoms with Gasteiger partial charge in [-0.05, 0) is 89.3 Å². The summed E-state index contributed by atoms with van der Waals surface area (Å²) >= 11 is 0. The second-order valence-corrected chi connectivity index (χ2v) is 19.0. The Morgan fingerprint density at radius 2 is 1.73 bits per heavy atom. The predicted molar refractivity (Wildman–Crippen MR) is 219 cm³/mol. The molecule has 3 aliphatic carbocycles. The van der Waals surface area contributed by atoms with Gasteiger partial charge in [0.2, 0.25) is 27.7 Å². The number of hydrogen-bond donors (Lipinski definition) is 3. The van der Waals surface area contributed by atoms with Gasteiger partial charge >= 0.3 is 6.09 Å². The molecule has 9 rings (SSSR count). The Labute approximate surface area is 347 Å². The average Bonchev–Trinajstić information content (AvgIpc) is 3.95. The van der Waals surface area contributed by atoms with Crippen LogP contribution in [0.1, 0.15) is 89.2 Å². The van der Waals surface area contributed by atoms with Gasteiger partial charge in [0.1, 0.15) is 35.5 Å². The van der Waals surface area contributed by atoms with E-state index in [0.29, 0.717) is 60.5 Å². The lowest BCUT2D eigenvalue weighted by Gasteiger charge is -2.30. The fourth-order valence-corrected chi connectivity index (χ4v) is 10.2. The van der Waals surface area contributed by atoms with Crippen LogP contribution in [0.4, 0.5) is 4.79 Å². The van der Waals surface area contributed by atoms with E-state index in [4.69, 9.17) is 19.6 Å². The number of aryl methyl sites for hydroxylation is 2. The largest absolute Gasteiger partial charge is 0.472 e. The molecule has 1 aromatic carbocycles. The molecule has 4 fully saturated rings. The molecular formula is C42H51N9O8S. The fraction of sp³-hybridized carbons (Fsp3) is 0.548. The lowest BCUT2D eigenvalue weighted by molar-refractivity contribution is -0.141. The maximum atomic E-state index is 14.8. The summed E-state index contributed by atoms with van der Waals surface area (Å²) in [6.07, 6.45) is 10.0. The van der Waals surface area contributed by atoms with Crippen LogP contribution in [-0.4, -0.2) is 103 Å². The van der Waals surface area contributed by atoms with E-state index in [1.54, 1.807) is 15.3 Å². The number of aromatic nitrogens is 5. The van der Waals surface area contributed by atoms with Crippen LogP contribution < -0.4 is 20.1 Å². The van der Waals surface area contributed by atoms with E-state index in [2.05, 4.69) is 20.5 Å². The molecule has 3 aromatic heterocycles. The molecule has 0 radical (unpaired) electrons. The predicted octanol–water partition coefficient (Wildman–Crippen LogP) is 3.98. The maximum Gasteiger partial charge on any atom is 0.408 e. The normalized spacial score (nSPS) is 26.5. The molecule has 0 unspecified atom stereocenters. The third-order valence-electron chi connectivity index (χ3n) is 12.6. The van der Waals surface area contributed by atoms with Crippen molar-refractivity contribution in [3.63, 3.8) is 0 Å². The molecule has 5 heterocycles. The monoisotopic (exact) mass is 841 g/mol. The summed E-state index contributed by atoms with van der Waals surface area (Å²) < 4.78 is 44.0. The Hall–Kier alpha value is -5.52. The molecule has 318 valence electrons. The maximum absolute atomic E-state index is 14.8. The van der Waals surface area contributed by atoms with Crippen molar-refractivity contribution < 1.29 is 37.1 Å². The number of amides is 4. The van der Waals surface area contributed by atoms with E-state index in [9.17, 15) is 27.6 Å². The van der Waals surface area contributed by atoms with Crippen LogP contribution in [0.5, 0.6) is 5.88 Å². The lowest BCUT2D eigenvalue weighted by atomic mass is 10.0. The zero-order chi connectivity index (χ0) is 41.8. The zero-order valence-corrected chi connectivity index (χ0v) is 34.7. The molecule has 0 bridgehead atoms. The lowest BCUT2D eigenvalue weighted by Crippen LogP contribution is -2.58. The van der Waals surface area contributed by atoms with Crippen LogP contribution in [0, 0.1) is 12.8 Å². The van der Waals surface area contributed by atoms with Gasteiger partial charge in [-0.25, -0.2) is 18.2 Å². The number of sulfonamides is 1. The van der Waals surface area contributed by atoms with Gasteiger partial charge in [0.15, 0.2) is 5.65 Å². The molecule has 60 heavy (non-hydrogen) atoms. The summed E-state index contributed by atoms with van der Waals surface area (Å²) in [6, 6.07) is 9.11. The van der Waals surface area contributed by atoms with E-state index in [-0.39, 0.29) is 25.5 Å². The number of carbonyl (C=O) groups is 4. The summed E-state index contributed by atoms with van der Waals surface area (Å²) in [5, 5.41) is 15.4. The van der Waals surface area contributed by atoms with E-state index in [1.165, 1.54) is 4.90 Å². The van der Waals surface area contributed by atoms with Crippen molar-refractivity contribution in [2.45, 2.75) is 125 Å². The van der Waals surface area contributed by atoms with E-state index in [1.807, 2.05) is 56.5 Å². The van der Waals surface area contributed by atoms with Gasteiger partial charge < -0.3 is 25.0 Å². The third-order valence-corrected chi connectivity index (χ3v) is 14.4. The highest BCUT2D eigenvalue weighted by atomic mass is 32.2. The van der Waals surface area contributed by atoms with Crippen LogP contribution in [-0.2, 0) is 36.2 Å². The number of allylic oxidation sites excluding steroid dienone is 1. The Bertz CT molecular complexity index is 2470. The summed E-state index contributed by atoms with van der Waals surface area (Å²) in [5.41, 5.74) is 1.80. The van der Waals surface area contributed by atoms with Gasteiger partial charge in [-0.1, -0.05) is 37.1 Å². The molecule has 4 aromatic rings. The SMILES string of the molecule is Cc1cc(-c2cc(O[C@@H]3C[C@H]4C(=O)N[C@]5(C(=O)NS(=O)(=O)C6CC6)C[C@H]5C=CCCCCC[C@H](NC(=O)OC5CCCC5)C(=O)N4C3)n3nc4ccccc4c3n2)nn1C. The summed E-state index contributed by atoms with van der Waals surface area (Å²) in [7, 11) is -2.06. The molecule has 3 saturated carbocycles. The Morgan fingerprint density at radius 1 is 0.950 bits per heavy atom. The number of nitrogens with zero attached hydrogens (tertiary/aromatic N) is 6. The first kappa shape index (κ1) is 39.9. The topological polar surface area (TPSA) is 208 Å². The highest BCUT2D eigenvalue weighted by molar-refractivity contribution is 7.91. The van der Waals surface area contributed by atoms with Crippen LogP contribution in [0.25, 0.3) is 27.9 Å². The van der Waals surface area contributed by atoms with Gasteiger partial charge in [0.05, 0.1) is 23.0 Å². The summed E-state index contributed by atoms with van der Waals surface area (Å²) in [4.78, 5) is 62.9. The number of ether oxygens (including phenoxy) is 2. The number of nitrogens with one attached hydrogen (secondary N) is 3. The van der Waals surface area contributed by atoms with E-state index >= 15 is 0 Å². The first-order chi connectivity index (χ1) is 28.9. The highest BCUT2D eigenvalue weighted by Gasteiger charge is 2.62. The zero-order valence-electron chi connectivity index (χ0n) is 33.8. The summed E-state index contributed by atoms with van der Waals surface area (Å²) in [5.74, 6) is -2.01. The van der Waals surface area contributed by atoms with Gasteiger partial charge in [0, 0.05) is 36.5 Å². The van der Waals surface area contributed by atoms with Crippen LogP contribution in [0.2, 0.25) is 0 Å². The van der Waals surface area contributed by atoms with Crippen LogP contribution in [0.15, 0.2) is 48.6 Å². The minimum atomic E-state index is -3.91. The molecule has 2 aliphatic heterocycles. The van der Waals surface area contributed by atoms with Gasteiger partial charge in [0.25, 0.3) is 5.91 Å². The van der Waals surface area contributed by atoms with E-state index in [0.717, 1.165) is 49.6 Å². The number of benzene rings is 1. The Morgan fingerprint density at radius 3 is 2.50 bits per heavy atom. The Balaban J connectivity index is 1.05. The molecular weight excluding hydrogens is 791 g/mol. The summed E-state index contributed by atoms with van der Waals surface area (Å²) in [6.45, 7) is 1.91. The van der Waals surface area contributed by atoms with Gasteiger partial charge in [-0.15, -0.1) is 0 Å². The third kappa shape index (κ3) is 7.92. The average molecular weight is 842 g/mol. The van der Waals surface area contributed by atoms with Crippen molar-refractivity contribution in [2.24, 2.45) is 13.0 Å². The van der Waals surface area contributed by atoms with Crippen molar-refractivity contribution in [3.8, 4) is 17.3 Å². The molecule has 5 atom stereocenters. The molecule has 18 heteroatoms. The van der Waals surface area contributed by atoms with Crippen molar-refractivity contribution in [1.29, 1.82) is 0 Å². The molecule has 4 amide bonds. The fourth-order valence-electron chi connectivity index (χ4n) is 8.86. The van der Waals surface area contributed by atoms with Gasteiger partial charge in [-0.3, -0.25) is 23.8 Å². The van der Waals surface area contributed by atoms with Crippen molar-refractivity contribution in [2.75, 3.05) is 6.54 Å². The standard InChI is InChI=1S/C42H51N9O8S/c1-25-20-34(46-49(25)2)33-22-36(51-37(43-33)30-15-10-11-16-31(30)47-51)58-28-21-35-38(52)45-42(40(54)48-60(56,57)29-18-19-29)23-26(42)12-6-4-3-5-7-17-32(39(53)50(35)24-28)44-41(55)59-27-13-8-9-14-27/h6,10-12,15-16,20,22,26-29,32,35H,3-5,7-9,13-14,17-19,21,23-24H2,1-2H3,(H,44,55)(H,45,52)(H,48,54)/t26-,28-,32+,35+,42-/m1/s1. The second-order valence-electron chi connectivity index (χ2n) is 17.0. The number of alkyl carbamates (subject to hydrolysis) is 1. The Kier molecular flexibility index (Phi) is 10.5. The number of rotatable bonds is 8. The van der Waals surface area contributed by atoms with Crippen molar-refractivity contribution >= 4 is 50.4 Å².